The number of nitrogen functional groups attached to an aromatic ring is 1. The van der Waals surface area contributed by atoms with Crippen molar-refractivity contribution in [1.29, 1.82) is 0 Å². The molecule has 146 valence electrons. The van der Waals surface area contributed by atoms with Crippen LogP contribution in [0.25, 0.3) is 0 Å². The van der Waals surface area contributed by atoms with Crippen molar-refractivity contribution in [2.24, 2.45) is 11.8 Å². The Morgan fingerprint density at radius 3 is 2.42 bits per heavy atom. The van der Waals surface area contributed by atoms with E-state index in [9.17, 15) is 18.0 Å². The summed E-state index contributed by atoms with van der Waals surface area (Å²) in [5, 5.41) is 0. The summed E-state index contributed by atoms with van der Waals surface area (Å²) < 4.78 is 45.0. The summed E-state index contributed by atoms with van der Waals surface area (Å²) in [7, 11) is 0. The first-order valence-corrected chi connectivity index (χ1v) is 8.98. The van der Waals surface area contributed by atoms with Crippen molar-refractivity contribution in [3.8, 4) is 0 Å². The van der Waals surface area contributed by atoms with E-state index in [1.165, 1.54) is 12.1 Å². The highest BCUT2D eigenvalue weighted by Crippen LogP contribution is 2.40. The van der Waals surface area contributed by atoms with Gasteiger partial charge in [-0.15, -0.1) is 0 Å². The molecule has 26 heavy (non-hydrogen) atoms. The lowest BCUT2D eigenvalue weighted by Crippen LogP contribution is -2.39. The number of nitrogens with two attached hydrogens (primary N) is 1. The number of anilines is 2. The molecule has 0 radical (unpaired) electrons. The largest absolute Gasteiger partial charge is 0.466 e. The molecule has 4 nitrogen and oxygen atoms in total. The molecule has 2 N–H and O–H groups in total. The maximum atomic E-state index is 13.4. The van der Waals surface area contributed by atoms with Gasteiger partial charge in [0.25, 0.3) is 0 Å². The second kappa shape index (κ2) is 8.18. The third kappa shape index (κ3) is 5.05. The van der Waals surface area contributed by atoms with Crippen molar-refractivity contribution in [2.75, 3.05) is 30.3 Å². The highest BCUT2D eigenvalue weighted by atomic mass is 19.4. The van der Waals surface area contributed by atoms with Crippen molar-refractivity contribution < 1.29 is 22.7 Å². The Bertz CT molecular complexity index is 624. The predicted octanol–water partition coefficient (Wildman–Crippen LogP) is 4.35. The third-order valence-electron chi connectivity index (χ3n) is 4.73. The lowest BCUT2D eigenvalue weighted by Gasteiger charge is -2.37. The van der Waals surface area contributed by atoms with Crippen LogP contribution in [-0.4, -0.2) is 31.8 Å². The Morgan fingerprint density at radius 2 is 1.92 bits per heavy atom. The average molecular weight is 372 g/mol. The number of carbonyl (C=O) groups excluding carboxylic acids is 1. The molecule has 7 heteroatoms. The fraction of sp³-hybridized carbons (Fsp3) is 0.632. The van der Waals surface area contributed by atoms with Gasteiger partial charge >= 0.3 is 12.1 Å². The van der Waals surface area contributed by atoms with E-state index in [0.29, 0.717) is 17.5 Å². The van der Waals surface area contributed by atoms with Crippen molar-refractivity contribution in [3.63, 3.8) is 0 Å². The molecule has 0 saturated carbocycles. The number of piperidine rings is 1. The quantitative estimate of drug-likeness (QED) is 0.617. The Balaban J connectivity index is 2.26. The van der Waals surface area contributed by atoms with Gasteiger partial charge in [0.2, 0.25) is 0 Å². The molecular formula is C19H27F3N2O2. The van der Waals surface area contributed by atoms with E-state index >= 15 is 0 Å². The molecule has 1 aromatic rings. The molecule has 2 rings (SSSR count). The molecule has 1 aromatic carbocycles. The molecule has 3 unspecified atom stereocenters. The normalized spacial score (nSPS) is 22.2. The lowest BCUT2D eigenvalue weighted by atomic mass is 9.90. The van der Waals surface area contributed by atoms with Crippen molar-refractivity contribution >= 4 is 17.3 Å². The van der Waals surface area contributed by atoms with Gasteiger partial charge in [-0.2, -0.15) is 13.2 Å². The van der Waals surface area contributed by atoms with E-state index in [2.05, 4.69) is 23.5 Å². The fourth-order valence-corrected chi connectivity index (χ4v) is 3.75. The molecule has 0 aliphatic carbocycles. The number of benzene rings is 1. The fourth-order valence-electron chi connectivity index (χ4n) is 3.75. The summed E-state index contributed by atoms with van der Waals surface area (Å²) in [6.07, 6.45) is -4.16. The molecular weight excluding hydrogens is 345 g/mol. The van der Waals surface area contributed by atoms with Crippen LogP contribution >= 0.6 is 0 Å². The van der Waals surface area contributed by atoms with Gasteiger partial charge in [-0.3, -0.25) is 4.79 Å². The van der Waals surface area contributed by atoms with Crippen LogP contribution in [-0.2, 0) is 9.53 Å². The predicted molar refractivity (Wildman–Crippen MR) is 96.1 cm³/mol. The molecule has 3 atom stereocenters. The van der Waals surface area contributed by atoms with Crippen LogP contribution in [0.15, 0.2) is 18.2 Å². The number of hydrogen-bond acceptors (Lipinski definition) is 4. The molecule has 1 saturated heterocycles. The lowest BCUT2D eigenvalue weighted by molar-refractivity contribution is -0.166. The van der Waals surface area contributed by atoms with Gasteiger partial charge in [0.1, 0.15) is 0 Å². The summed E-state index contributed by atoms with van der Waals surface area (Å²) in [4.78, 5) is 13.7. The van der Waals surface area contributed by atoms with Crippen LogP contribution in [0.2, 0.25) is 0 Å². The smallest absolute Gasteiger partial charge is 0.396 e. The number of nitrogens with zero attached hydrogens (tertiary/aromatic N) is 1. The summed E-state index contributed by atoms with van der Waals surface area (Å²) in [6, 6.07) is 4.41. The zero-order valence-corrected chi connectivity index (χ0v) is 15.5. The first-order chi connectivity index (χ1) is 12.1. The van der Waals surface area contributed by atoms with Crippen LogP contribution < -0.4 is 10.6 Å². The summed E-state index contributed by atoms with van der Waals surface area (Å²) in [6.45, 7) is 7.60. The maximum Gasteiger partial charge on any atom is 0.396 e. The summed E-state index contributed by atoms with van der Waals surface area (Å²) in [5.41, 5.74) is 7.14. The van der Waals surface area contributed by atoms with E-state index in [0.717, 1.165) is 25.2 Å². The topological polar surface area (TPSA) is 55.6 Å². The van der Waals surface area contributed by atoms with Gasteiger partial charge in [-0.1, -0.05) is 19.9 Å². The number of rotatable bonds is 5. The van der Waals surface area contributed by atoms with Crippen LogP contribution in [0.5, 0.6) is 0 Å². The molecule has 1 fully saturated rings. The molecule has 0 aromatic heterocycles. The standard InChI is InChI=1S/C19H27F3N2O2/c1-4-26-18(25)9-15(19(20,21)22)14-5-6-17(16(23)8-14)24-10-12(2)7-13(3)11-24/h5-6,8,12-13,15H,4,7,9-11,23H2,1-3H3. The molecule has 0 spiro atoms. The van der Waals surface area contributed by atoms with Gasteiger partial charge < -0.3 is 15.4 Å². The first-order valence-electron chi connectivity index (χ1n) is 8.98. The number of carbonyl (C=O) groups is 1. The van der Waals surface area contributed by atoms with Crippen LogP contribution in [0.1, 0.15) is 45.1 Å². The van der Waals surface area contributed by atoms with Crippen LogP contribution in [0, 0.1) is 11.8 Å². The number of halogens is 3. The minimum Gasteiger partial charge on any atom is -0.466 e. The van der Waals surface area contributed by atoms with Crippen LogP contribution in [0.4, 0.5) is 24.5 Å². The summed E-state index contributed by atoms with van der Waals surface area (Å²) in [5.74, 6) is -1.78. The molecule has 0 amide bonds. The molecule has 1 aliphatic rings. The van der Waals surface area contributed by atoms with E-state index in [4.69, 9.17) is 5.73 Å². The van der Waals surface area contributed by atoms with Crippen molar-refractivity contribution in [2.45, 2.75) is 45.7 Å². The summed E-state index contributed by atoms with van der Waals surface area (Å²) >= 11 is 0. The van der Waals surface area contributed by atoms with E-state index < -0.39 is 24.5 Å². The minimum atomic E-state index is -4.55. The highest BCUT2D eigenvalue weighted by Gasteiger charge is 2.42. The zero-order valence-electron chi connectivity index (χ0n) is 15.5. The molecule has 1 aliphatic heterocycles. The van der Waals surface area contributed by atoms with Gasteiger partial charge in [-0.05, 0) is 42.9 Å². The van der Waals surface area contributed by atoms with E-state index in [1.54, 1.807) is 13.0 Å². The van der Waals surface area contributed by atoms with Gasteiger partial charge in [0.15, 0.2) is 0 Å². The van der Waals surface area contributed by atoms with Crippen molar-refractivity contribution in [1.82, 2.24) is 0 Å². The SMILES string of the molecule is CCOC(=O)CC(c1ccc(N2CC(C)CC(C)C2)c(N)c1)C(F)(F)F. The monoisotopic (exact) mass is 372 g/mol. The number of ether oxygens (including phenoxy) is 1. The van der Waals surface area contributed by atoms with Crippen LogP contribution in [0.3, 0.4) is 0 Å². The highest BCUT2D eigenvalue weighted by molar-refractivity contribution is 5.72. The van der Waals surface area contributed by atoms with E-state index in [-0.39, 0.29) is 12.2 Å². The van der Waals surface area contributed by atoms with Gasteiger partial charge in [0, 0.05) is 13.1 Å². The maximum absolute atomic E-state index is 13.4. The number of hydrogen-bond donors (Lipinski definition) is 1. The minimum absolute atomic E-state index is 0.00934. The van der Waals surface area contributed by atoms with E-state index in [1.807, 2.05) is 0 Å². The number of esters is 1. The van der Waals surface area contributed by atoms with Gasteiger partial charge in [0.05, 0.1) is 30.3 Å². The Morgan fingerprint density at radius 1 is 1.31 bits per heavy atom. The van der Waals surface area contributed by atoms with Crippen molar-refractivity contribution in [3.05, 3.63) is 23.8 Å². The first kappa shape index (κ1) is 20.4. The Labute approximate surface area is 152 Å². The number of alkyl halides is 3. The Kier molecular flexibility index (Phi) is 6.42. The second-order valence-electron chi connectivity index (χ2n) is 7.27. The molecule has 0 bridgehead atoms. The average Bonchev–Trinajstić information content (AvgIpc) is 2.50. The zero-order chi connectivity index (χ0) is 19.5. The third-order valence-corrected chi connectivity index (χ3v) is 4.73. The Hall–Kier alpha value is -1.92. The molecule has 1 heterocycles. The second-order valence-corrected chi connectivity index (χ2v) is 7.27. The van der Waals surface area contributed by atoms with Gasteiger partial charge in [-0.25, -0.2) is 0 Å².